The van der Waals surface area contributed by atoms with Crippen LogP contribution in [0.15, 0.2) is 12.3 Å². The minimum Gasteiger partial charge on any atom is -0.276 e. The van der Waals surface area contributed by atoms with Crippen molar-refractivity contribution in [3.63, 3.8) is 0 Å². The van der Waals surface area contributed by atoms with Gasteiger partial charge in [-0.05, 0) is 12.0 Å². The molecule has 1 rings (SSSR count). The van der Waals surface area contributed by atoms with Gasteiger partial charge < -0.3 is 0 Å². The molecule has 1 aromatic heterocycles. The van der Waals surface area contributed by atoms with E-state index in [0.29, 0.717) is 5.92 Å². The van der Waals surface area contributed by atoms with Crippen molar-refractivity contribution in [2.75, 3.05) is 0 Å². The molecule has 0 aliphatic carbocycles. The molecular weight excluding hydrogens is 150 g/mol. The van der Waals surface area contributed by atoms with Gasteiger partial charge in [0.15, 0.2) is 0 Å². The van der Waals surface area contributed by atoms with Gasteiger partial charge in [0.1, 0.15) is 0 Å². The topological polar surface area (TPSA) is 41.6 Å². The van der Waals surface area contributed by atoms with Crippen LogP contribution in [-0.4, -0.2) is 9.78 Å². The van der Waals surface area contributed by atoms with Crippen molar-refractivity contribution < 1.29 is 0 Å². The Hall–Kier alpha value is -1.30. The van der Waals surface area contributed by atoms with Crippen LogP contribution >= 0.6 is 0 Å². The van der Waals surface area contributed by atoms with Gasteiger partial charge in [-0.2, -0.15) is 10.4 Å². The zero-order valence-corrected chi connectivity index (χ0v) is 7.65. The molecule has 0 saturated carbocycles. The molecule has 0 saturated heterocycles. The summed E-state index contributed by atoms with van der Waals surface area (Å²) in [5.74, 6) is 0.246. The van der Waals surface area contributed by atoms with E-state index in [-0.39, 0.29) is 5.92 Å². The summed E-state index contributed by atoms with van der Waals surface area (Å²) in [4.78, 5) is 0. The third-order valence-corrected chi connectivity index (χ3v) is 1.86. The highest BCUT2D eigenvalue weighted by Crippen LogP contribution is 2.21. The molecule has 1 aromatic rings. The second-order valence-corrected chi connectivity index (χ2v) is 3.27. The molecule has 0 N–H and O–H groups in total. The minimum atomic E-state index is -0.0776. The van der Waals surface area contributed by atoms with Crippen LogP contribution in [0.3, 0.4) is 0 Å². The number of nitriles is 1. The van der Waals surface area contributed by atoms with E-state index < -0.39 is 0 Å². The third-order valence-electron chi connectivity index (χ3n) is 1.86. The van der Waals surface area contributed by atoms with Crippen LogP contribution in [0.1, 0.15) is 25.5 Å². The molecule has 1 heterocycles. The summed E-state index contributed by atoms with van der Waals surface area (Å²) < 4.78 is 1.72. The van der Waals surface area contributed by atoms with Crippen LogP contribution in [0.5, 0.6) is 0 Å². The first-order valence-corrected chi connectivity index (χ1v) is 4.04. The molecule has 64 valence electrons. The SMILES string of the molecule is CC(C)C(C#N)c1ccn(C)n1. The summed E-state index contributed by atoms with van der Waals surface area (Å²) >= 11 is 0. The van der Waals surface area contributed by atoms with Crippen LogP contribution in [0.2, 0.25) is 0 Å². The highest BCUT2D eigenvalue weighted by atomic mass is 15.2. The molecule has 12 heavy (non-hydrogen) atoms. The average Bonchev–Trinajstić information content (AvgIpc) is 2.37. The maximum Gasteiger partial charge on any atom is 0.0926 e. The molecule has 0 radical (unpaired) electrons. The molecule has 0 aliphatic heterocycles. The molecule has 3 heteroatoms. The summed E-state index contributed by atoms with van der Waals surface area (Å²) in [5, 5.41) is 13.1. The predicted octanol–water partition coefficient (Wildman–Crippen LogP) is 1.68. The Morgan fingerprint density at radius 3 is 2.58 bits per heavy atom. The maximum atomic E-state index is 8.86. The highest BCUT2D eigenvalue weighted by Gasteiger charge is 2.16. The van der Waals surface area contributed by atoms with E-state index in [9.17, 15) is 0 Å². The number of nitrogens with zero attached hydrogens (tertiary/aromatic N) is 3. The Morgan fingerprint density at radius 2 is 2.25 bits per heavy atom. The van der Waals surface area contributed by atoms with Gasteiger partial charge in [0, 0.05) is 13.2 Å². The van der Waals surface area contributed by atoms with Gasteiger partial charge in [0.2, 0.25) is 0 Å². The van der Waals surface area contributed by atoms with E-state index in [1.165, 1.54) is 0 Å². The molecule has 0 bridgehead atoms. The Labute approximate surface area is 72.6 Å². The molecule has 1 atom stereocenters. The van der Waals surface area contributed by atoms with Gasteiger partial charge in [-0.25, -0.2) is 0 Å². The predicted molar refractivity (Wildman–Crippen MR) is 46.4 cm³/mol. The minimum absolute atomic E-state index is 0.0776. The Bertz CT molecular complexity index is 293. The Morgan fingerprint density at radius 1 is 1.58 bits per heavy atom. The van der Waals surface area contributed by atoms with Crippen molar-refractivity contribution in [1.29, 1.82) is 5.26 Å². The van der Waals surface area contributed by atoms with Crippen molar-refractivity contribution >= 4 is 0 Å². The fourth-order valence-electron chi connectivity index (χ4n) is 1.16. The van der Waals surface area contributed by atoms with E-state index in [1.54, 1.807) is 4.68 Å². The molecule has 0 amide bonds. The van der Waals surface area contributed by atoms with E-state index in [0.717, 1.165) is 5.69 Å². The number of aromatic nitrogens is 2. The smallest absolute Gasteiger partial charge is 0.0926 e. The van der Waals surface area contributed by atoms with Gasteiger partial charge in [-0.1, -0.05) is 13.8 Å². The molecule has 0 fully saturated rings. The fourth-order valence-corrected chi connectivity index (χ4v) is 1.16. The number of rotatable bonds is 2. The first-order valence-electron chi connectivity index (χ1n) is 4.04. The zero-order valence-electron chi connectivity index (χ0n) is 7.65. The molecule has 0 aromatic carbocycles. The van der Waals surface area contributed by atoms with E-state index in [4.69, 9.17) is 5.26 Å². The van der Waals surface area contributed by atoms with Gasteiger partial charge in [0.05, 0.1) is 17.7 Å². The summed E-state index contributed by atoms with van der Waals surface area (Å²) in [6.45, 7) is 4.06. The largest absolute Gasteiger partial charge is 0.276 e. The molecule has 0 spiro atoms. The first kappa shape index (κ1) is 8.79. The van der Waals surface area contributed by atoms with Crippen molar-refractivity contribution in [3.8, 4) is 6.07 Å². The summed E-state index contributed by atoms with van der Waals surface area (Å²) in [6.07, 6.45) is 1.86. The van der Waals surface area contributed by atoms with E-state index in [1.807, 2.05) is 33.2 Å². The number of hydrogen-bond donors (Lipinski definition) is 0. The third kappa shape index (κ3) is 1.65. The maximum absolute atomic E-state index is 8.86. The van der Waals surface area contributed by atoms with Gasteiger partial charge in [-0.3, -0.25) is 4.68 Å². The molecular formula is C9H13N3. The van der Waals surface area contributed by atoms with Crippen LogP contribution in [0.25, 0.3) is 0 Å². The zero-order chi connectivity index (χ0) is 9.14. The quantitative estimate of drug-likeness (QED) is 0.665. The summed E-state index contributed by atoms with van der Waals surface area (Å²) in [6, 6.07) is 4.15. The van der Waals surface area contributed by atoms with Crippen LogP contribution in [0, 0.1) is 17.2 Å². The molecule has 1 unspecified atom stereocenters. The lowest BCUT2D eigenvalue weighted by atomic mass is 9.94. The summed E-state index contributed by atoms with van der Waals surface area (Å²) in [7, 11) is 1.86. The highest BCUT2D eigenvalue weighted by molar-refractivity contribution is 5.15. The Balaban J connectivity index is 2.89. The van der Waals surface area contributed by atoms with Crippen LogP contribution in [0.4, 0.5) is 0 Å². The lowest BCUT2D eigenvalue weighted by Crippen LogP contribution is -2.05. The van der Waals surface area contributed by atoms with Crippen molar-refractivity contribution in [1.82, 2.24) is 9.78 Å². The second-order valence-electron chi connectivity index (χ2n) is 3.27. The van der Waals surface area contributed by atoms with Crippen molar-refractivity contribution in [2.45, 2.75) is 19.8 Å². The van der Waals surface area contributed by atoms with Crippen molar-refractivity contribution in [3.05, 3.63) is 18.0 Å². The summed E-state index contributed by atoms with van der Waals surface area (Å²) in [5.41, 5.74) is 0.870. The van der Waals surface area contributed by atoms with Crippen molar-refractivity contribution in [2.24, 2.45) is 13.0 Å². The van der Waals surface area contributed by atoms with E-state index >= 15 is 0 Å². The van der Waals surface area contributed by atoms with E-state index in [2.05, 4.69) is 11.2 Å². The van der Waals surface area contributed by atoms with Crippen LogP contribution in [-0.2, 0) is 7.05 Å². The second kappa shape index (κ2) is 3.40. The van der Waals surface area contributed by atoms with Crippen LogP contribution < -0.4 is 0 Å². The first-order chi connectivity index (χ1) is 5.65. The standard InChI is InChI=1S/C9H13N3/c1-7(2)8(6-10)9-4-5-12(3)11-9/h4-5,7-8H,1-3H3. The van der Waals surface area contributed by atoms with Gasteiger partial charge in [-0.15, -0.1) is 0 Å². The molecule has 0 aliphatic rings. The number of aryl methyl sites for hydroxylation is 1. The lowest BCUT2D eigenvalue weighted by Gasteiger charge is -2.08. The average molecular weight is 163 g/mol. The van der Waals surface area contributed by atoms with Gasteiger partial charge in [0.25, 0.3) is 0 Å². The fraction of sp³-hybridized carbons (Fsp3) is 0.556. The Kier molecular flexibility index (Phi) is 2.49. The lowest BCUT2D eigenvalue weighted by molar-refractivity contribution is 0.565. The molecule has 3 nitrogen and oxygen atoms in total. The van der Waals surface area contributed by atoms with Gasteiger partial charge >= 0.3 is 0 Å². The number of hydrogen-bond acceptors (Lipinski definition) is 2. The normalized spacial score (nSPS) is 12.9. The monoisotopic (exact) mass is 163 g/mol.